The minimum absolute atomic E-state index is 0. The number of halogens is 2. The molecule has 1 aliphatic carbocycles. The quantitative estimate of drug-likeness (QED) is 0.285. The summed E-state index contributed by atoms with van der Waals surface area (Å²) in [5.41, 5.74) is 0. The van der Waals surface area contributed by atoms with Crippen LogP contribution in [0, 0.1) is 11.8 Å². The first-order valence-electron chi connectivity index (χ1n) is 9.01. The summed E-state index contributed by atoms with van der Waals surface area (Å²) in [5, 5.41) is 11.1. The molecule has 0 N–H and O–H groups in total. The van der Waals surface area contributed by atoms with E-state index >= 15 is 0 Å². The fraction of sp³-hybridized carbons (Fsp3) is 0.789. The average molecular weight is 420 g/mol. The van der Waals surface area contributed by atoms with Gasteiger partial charge in [-0.25, -0.2) is 0 Å². The van der Waals surface area contributed by atoms with E-state index in [-0.39, 0.29) is 30.7 Å². The Morgan fingerprint density at radius 2 is 1.39 bits per heavy atom. The van der Waals surface area contributed by atoms with E-state index in [1.165, 1.54) is 23.5 Å². The van der Waals surface area contributed by atoms with E-state index in [4.69, 9.17) is 0 Å². The van der Waals surface area contributed by atoms with E-state index in [1.807, 2.05) is 3.88 Å². The van der Waals surface area contributed by atoms with Crippen molar-refractivity contribution in [2.45, 2.75) is 66.7 Å². The zero-order valence-electron chi connectivity index (χ0n) is 17.0. The predicted octanol–water partition coefficient (Wildman–Crippen LogP) is 8.77. The number of allylic oxidation sites excluding steroid dienone is 4. The molecule has 0 saturated carbocycles. The molecule has 0 spiro atoms. The fourth-order valence-electron chi connectivity index (χ4n) is 3.96. The molecule has 0 aromatic rings. The molecule has 0 amide bonds. The summed E-state index contributed by atoms with van der Waals surface area (Å²) in [7, 11) is 0. The molecule has 0 saturated heterocycles. The van der Waals surface area contributed by atoms with Gasteiger partial charge in [-0.3, -0.25) is 0 Å². The molecular formula is C19H42Cl2PTi. The Morgan fingerprint density at radius 3 is 1.65 bits per heavy atom. The average Bonchev–Trinajstić information content (AvgIpc) is 2.82. The Labute approximate surface area is 155 Å². The van der Waals surface area contributed by atoms with Gasteiger partial charge in [0.25, 0.3) is 0 Å². The second-order valence-electron chi connectivity index (χ2n) is 12.1. The molecule has 23 heavy (non-hydrogen) atoms. The Kier molecular flexibility index (Phi) is 7.74. The van der Waals surface area contributed by atoms with Gasteiger partial charge in [0.15, 0.2) is 0 Å². The van der Waals surface area contributed by atoms with Crippen molar-refractivity contribution >= 4 is 30.7 Å². The van der Waals surface area contributed by atoms with Crippen molar-refractivity contribution in [1.29, 1.82) is 0 Å². The zero-order valence-corrected chi connectivity index (χ0v) is 21.1. The van der Waals surface area contributed by atoms with Gasteiger partial charge in [-0.15, -0.1) is 24.8 Å². The van der Waals surface area contributed by atoms with Gasteiger partial charge in [-0.2, -0.15) is 0 Å². The summed E-state index contributed by atoms with van der Waals surface area (Å²) in [5.74, 6) is 1.65. The van der Waals surface area contributed by atoms with Crippen molar-refractivity contribution in [3.8, 4) is 0 Å². The monoisotopic (exact) mass is 419 g/mol. The third-order valence-corrected chi connectivity index (χ3v) is 43.5. The molecule has 1 aliphatic rings. The summed E-state index contributed by atoms with van der Waals surface area (Å²) >= 11 is -3.68. The molecular weight excluding hydrogens is 378 g/mol. The Bertz CT molecular complexity index is 480. The number of rotatable bonds is 7. The van der Waals surface area contributed by atoms with E-state index in [0.717, 1.165) is 11.8 Å². The first-order chi connectivity index (χ1) is 9.18. The molecule has 0 aromatic heterocycles. The molecule has 0 aliphatic heterocycles. The van der Waals surface area contributed by atoms with Crippen molar-refractivity contribution in [2.24, 2.45) is 11.8 Å². The van der Waals surface area contributed by atoms with Crippen LogP contribution in [0.4, 0.5) is 0 Å². The van der Waals surface area contributed by atoms with Gasteiger partial charge in [-0.1, -0.05) is 0 Å². The van der Waals surface area contributed by atoms with Crippen molar-refractivity contribution in [1.82, 2.24) is 0 Å². The summed E-state index contributed by atoms with van der Waals surface area (Å²) < 4.78 is 3.19. The normalized spacial score (nSPS) is 19.5. The van der Waals surface area contributed by atoms with E-state index in [0.29, 0.717) is 0 Å². The predicted molar refractivity (Wildman–Crippen MR) is 117 cm³/mol. The van der Waals surface area contributed by atoms with Crippen LogP contribution in [0.25, 0.3) is 0 Å². The first kappa shape index (κ1) is 26.4. The van der Waals surface area contributed by atoms with Crippen LogP contribution in [0.3, 0.4) is 0 Å². The van der Waals surface area contributed by atoms with Crippen LogP contribution in [0.5, 0.6) is 0 Å². The van der Waals surface area contributed by atoms with Crippen molar-refractivity contribution in [3.63, 3.8) is 0 Å². The second-order valence-corrected chi connectivity index (χ2v) is 49.7. The minimum Gasteiger partial charge on any atom is -0.147 e. The Morgan fingerprint density at radius 1 is 0.957 bits per heavy atom. The summed E-state index contributed by atoms with van der Waals surface area (Å²) in [4.78, 5) is 0. The molecule has 0 unspecified atom stereocenters. The molecule has 0 nitrogen and oxygen atoms in total. The van der Waals surface area contributed by atoms with Gasteiger partial charge in [0.05, 0.1) is 0 Å². The number of hydrogen-bond donors (Lipinski definition) is 0. The van der Waals surface area contributed by atoms with Crippen LogP contribution in [-0.4, -0.2) is 12.3 Å². The molecule has 0 radical (unpaired) electrons. The van der Waals surface area contributed by atoms with E-state index in [9.17, 15) is 0 Å². The minimum atomic E-state index is -3.68. The molecule has 141 valence electrons. The number of hydrogen-bond acceptors (Lipinski definition) is 0. The SMILES string of the molecule is C[CH2][Ti]([CH3])([CH3])([CH3])([CH3])([C]1=CC=CC1)[P](CC(C)C)CC(C)C.Cl.Cl. The van der Waals surface area contributed by atoms with Gasteiger partial charge in [-0.05, 0) is 0 Å². The van der Waals surface area contributed by atoms with Crippen LogP contribution in [0.15, 0.2) is 22.1 Å². The molecule has 0 atom stereocenters. The van der Waals surface area contributed by atoms with Crippen LogP contribution in [0.2, 0.25) is 25.6 Å². The second kappa shape index (κ2) is 6.74. The van der Waals surface area contributed by atoms with Gasteiger partial charge in [0, 0.05) is 0 Å². The van der Waals surface area contributed by atoms with Crippen LogP contribution >= 0.6 is 30.7 Å². The smallest absolute Gasteiger partial charge is 0.147 e. The van der Waals surface area contributed by atoms with Crippen molar-refractivity contribution in [3.05, 3.63) is 22.1 Å². The van der Waals surface area contributed by atoms with E-state index in [2.05, 4.69) is 73.8 Å². The van der Waals surface area contributed by atoms with Gasteiger partial charge in [0.2, 0.25) is 0 Å². The maximum absolute atomic E-state index is 3.68. The molecule has 4 heteroatoms. The van der Waals surface area contributed by atoms with Crippen molar-refractivity contribution in [2.75, 3.05) is 12.3 Å². The fourth-order valence-corrected chi connectivity index (χ4v) is 29.7. The third-order valence-electron chi connectivity index (χ3n) is 6.99. The molecule has 0 fully saturated rings. The maximum Gasteiger partial charge on any atom is -0.147 e. The standard InChI is InChI=1S/C8H18P.C5H5.C2H5.4CH3.2ClH.Ti/c1-7(2)5-9-6-8(3)4;1-2-4-5-3-1;1-2;;;;;;;/h7-8H,5-6H2,1-4H3;1-3H,4H2;1H2,2H3;4*1H3;2*1H;/q-1;;;;;;;;;+1. The first-order valence-corrected chi connectivity index (χ1v) is 20.9. The van der Waals surface area contributed by atoms with Crippen LogP contribution in [0.1, 0.15) is 41.0 Å². The van der Waals surface area contributed by atoms with Crippen LogP contribution in [-0.2, 0) is 12.2 Å². The van der Waals surface area contributed by atoms with Gasteiger partial charge in [0.1, 0.15) is 0 Å². The maximum atomic E-state index is 2.77. The largest absolute Gasteiger partial charge is 0.147 e. The third kappa shape index (κ3) is 4.89. The Balaban J connectivity index is 0. The van der Waals surface area contributed by atoms with Crippen molar-refractivity contribution < 1.29 is 12.2 Å². The summed E-state index contributed by atoms with van der Waals surface area (Å²) in [6, 6.07) is 0. The van der Waals surface area contributed by atoms with Gasteiger partial charge >= 0.3 is 131 Å². The summed E-state index contributed by atoms with van der Waals surface area (Å²) in [6.07, 6.45) is 11.3. The van der Waals surface area contributed by atoms with E-state index in [1.54, 1.807) is 0 Å². The molecule has 1 rings (SSSR count). The molecule has 0 aromatic carbocycles. The van der Waals surface area contributed by atoms with Crippen LogP contribution < -0.4 is 0 Å². The van der Waals surface area contributed by atoms with E-state index < -0.39 is 12.2 Å². The summed E-state index contributed by atoms with van der Waals surface area (Å²) in [6.45, 7) is 12.2. The zero-order chi connectivity index (χ0) is 16.6. The topological polar surface area (TPSA) is 0 Å². The Hall–Kier alpha value is 1.20. The van der Waals surface area contributed by atoms with Gasteiger partial charge < -0.3 is 0 Å². The molecule has 0 bridgehead atoms. The molecule has 0 heterocycles.